The van der Waals surface area contributed by atoms with Crippen molar-refractivity contribution in [1.82, 2.24) is 9.97 Å². The topological polar surface area (TPSA) is 92.2 Å². The van der Waals surface area contributed by atoms with Gasteiger partial charge in [0, 0.05) is 16.5 Å². The summed E-state index contributed by atoms with van der Waals surface area (Å²) in [5, 5.41) is 13.5. The Hall–Kier alpha value is -3.72. The Kier molecular flexibility index (Phi) is 4.96. The molecule has 30 heavy (non-hydrogen) atoms. The number of nitrogens with zero attached hydrogens (tertiary/aromatic N) is 2. The van der Waals surface area contributed by atoms with Crippen LogP contribution in [-0.4, -0.2) is 27.0 Å². The molecule has 0 bridgehead atoms. The Morgan fingerprint density at radius 1 is 1.03 bits per heavy atom. The molecule has 2 N–H and O–H groups in total. The zero-order chi connectivity index (χ0) is 21.4. The van der Waals surface area contributed by atoms with Gasteiger partial charge in [0.25, 0.3) is 5.91 Å². The summed E-state index contributed by atoms with van der Waals surface area (Å²) in [5.41, 5.74) is 0.660. The first-order valence-electron chi connectivity index (χ1n) is 8.69. The molecule has 0 unspecified atom stereocenters. The number of thiophene rings is 1. The van der Waals surface area contributed by atoms with Gasteiger partial charge in [0.1, 0.15) is 16.3 Å². The number of carbonyl (C=O) groups excluding carboxylic acids is 1. The molecule has 2 aromatic carbocycles. The molecular weight excluding hydrogens is 412 g/mol. The van der Waals surface area contributed by atoms with E-state index in [1.807, 2.05) is 0 Å². The van der Waals surface area contributed by atoms with E-state index in [2.05, 4.69) is 15.3 Å². The van der Waals surface area contributed by atoms with Gasteiger partial charge in [-0.05, 0) is 24.6 Å². The summed E-state index contributed by atoms with van der Waals surface area (Å²) in [6.45, 7) is 1.41. The summed E-state index contributed by atoms with van der Waals surface area (Å²) >= 11 is 0.895. The molecule has 2 heterocycles. The van der Waals surface area contributed by atoms with Crippen LogP contribution < -0.4 is 5.32 Å². The Morgan fingerprint density at radius 2 is 1.77 bits per heavy atom. The first kappa shape index (κ1) is 19.6. The van der Waals surface area contributed by atoms with Crippen molar-refractivity contribution in [3.63, 3.8) is 0 Å². The van der Waals surface area contributed by atoms with Crippen LogP contribution >= 0.6 is 11.3 Å². The number of anilines is 1. The number of para-hydroxylation sites is 2. The van der Waals surface area contributed by atoms with Crippen LogP contribution in [0, 0.1) is 18.6 Å². The number of fused-ring (bicyclic) bond motifs is 1. The van der Waals surface area contributed by atoms with Gasteiger partial charge in [-0.2, -0.15) is 0 Å². The molecule has 0 atom stereocenters. The number of carboxylic acid groups (broad SMARTS) is 1. The van der Waals surface area contributed by atoms with Crippen molar-refractivity contribution in [3.8, 4) is 11.1 Å². The number of aromatic nitrogens is 2. The summed E-state index contributed by atoms with van der Waals surface area (Å²) < 4.78 is 28.4. The second kappa shape index (κ2) is 7.60. The number of carboxylic acids is 1. The minimum atomic E-state index is -1.38. The summed E-state index contributed by atoms with van der Waals surface area (Å²) in [7, 11) is 0. The third-order valence-electron chi connectivity index (χ3n) is 4.48. The van der Waals surface area contributed by atoms with E-state index < -0.39 is 23.5 Å². The fourth-order valence-electron chi connectivity index (χ4n) is 2.95. The van der Waals surface area contributed by atoms with Crippen LogP contribution in [0.2, 0.25) is 0 Å². The fraction of sp³-hybridized carbons (Fsp3) is 0.0476. The number of amides is 1. The van der Waals surface area contributed by atoms with Gasteiger partial charge in [0.2, 0.25) is 0 Å². The predicted octanol–water partition coefficient (Wildman–Crippen LogP) is 4.90. The van der Waals surface area contributed by atoms with Crippen LogP contribution in [0.15, 0.2) is 48.0 Å². The van der Waals surface area contributed by atoms with Crippen LogP contribution in [-0.2, 0) is 0 Å². The van der Waals surface area contributed by atoms with E-state index in [-0.39, 0.29) is 32.9 Å². The molecule has 0 saturated carbocycles. The van der Waals surface area contributed by atoms with Crippen LogP contribution in [0.5, 0.6) is 0 Å². The Morgan fingerprint density at radius 3 is 2.50 bits per heavy atom. The van der Waals surface area contributed by atoms with Crippen molar-refractivity contribution in [2.75, 3.05) is 5.32 Å². The number of hydrogen-bond donors (Lipinski definition) is 2. The second-order valence-corrected chi connectivity index (χ2v) is 7.29. The van der Waals surface area contributed by atoms with Crippen LogP contribution in [0.25, 0.3) is 22.2 Å². The van der Waals surface area contributed by atoms with Gasteiger partial charge in [-0.1, -0.05) is 24.3 Å². The van der Waals surface area contributed by atoms with E-state index in [1.54, 1.807) is 24.3 Å². The summed E-state index contributed by atoms with van der Waals surface area (Å²) in [6.07, 6.45) is 1.28. The summed E-state index contributed by atoms with van der Waals surface area (Å²) in [6, 6.07) is 9.65. The second-order valence-electron chi connectivity index (χ2n) is 6.41. The molecule has 0 aliphatic heterocycles. The van der Waals surface area contributed by atoms with Crippen molar-refractivity contribution < 1.29 is 23.5 Å². The monoisotopic (exact) mass is 425 g/mol. The number of carbonyl (C=O) groups is 2. The minimum Gasteiger partial charge on any atom is -0.478 e. The average molecular weight is 425 g/mol. The van der Waals surface area contributed by atoms with E-state index in [1.165, 1.54) is 30.6 Å². The van der Waals surface area contributed by atoms with E-state index in [4.69, 9.17) is 0 Å². The molecule has 4 aromatic rings. The lowest BCUT2D eigenvalue weighted by molar-refractivity contribution is 0.0699. The van der Waals surface area contributed by atoms with Gasteiger partial charge >= 0.3 is 5.97 Å². The largest absolute Gasteiger partial charge is 0.478 e. The standard InChI is InChI=1S/C21H13F2N3O3S/c1-10-6-7-11(18(23)17(10)22)12-9-30-20(16(12)21(28)29)26-19(27)15-8-24-13-4-2-3-5-14(13)25-15/h2-9H,1H3,(H,26,27)(H,28,29). The van der Waals surface area contributed by atoms with Crippen molar-refractivity contribution in [2.45, 2.75) is 6.92 Å². The summed E-state index contributed by atoms with van der Waals surface area (Å²) in [5.74, 6) is -4.24. The Bertz CT molecular complexity index is 1320. The number of hydrogen-bond acceptors (Lipinski definition) is 5. The maximum absolute atomic E-state index is 14.4. The predicted molar refractivity (Wildman–Crippen MR) is 109 cm³/mol. The lowest BCUT2D eigenvalue weighted by atomic mass is 10.0. The number of rotatable bonds is 4. The number of aromatic carboxylic acids is 1. The maximum atomic E-state index is 14.4. The molecule has 0 aliphatic rings. The molecule has 1 amide bonds. The fourth-order valence-corrected chi connectivity index (χ4v) is 3.90. The molecule has 2 aromatic heterocycles. The third-order valence-corrected chi connectivity index (χ3v) is 5.37. The highest BCUT2D eigenvalue weighted by Crippen LogP contribution is 2.38. The summed E-state index contributed by atoms with van der Waals surface area (Å²) in [4.78, 5) is 32.8. The quantitative estimate of drug-likeness (QED) is 0.485. The highest BCUT2D eigenvalue weighted by Gasteiger charge is 2.25. The lowest BCUT2D eigenvalue weighted by Gasteiger charge is -2.08. The lowest BCUT2D eigenvalue weighted by Crippen LogP contribution is -2.15. The van der Waals surface area contributed by atoms with Gasteiger partial charge in [-0.3, -0.25) is 9.78 Å². The molecule has 0 aliphatic carbocycles. The zero-order valence-electron chi connectivity index (χ0n) is 15.4. The molecule has 0 fully saturated rings. The van der Waals surface area contributed by atoms with Crippen LogP contribution in [0.1, 0.15) is 26.4 Å². The third kappa shape index (κ3) is 3.39. The van der Waals surface area contributed by atoms with Crippen molar-refractivity contribution in [1.29, 1.82) is 0 Å². The van der Waals surface area contributed by atoms with Crippen LogP contribution in [0.3, 0.4) is 0 Å². The minimum absolute atomic E-state index is 0.00690. The molecular formula is C21H13F2N3O3S. The van der Waals surface area contributed by atoms with E-state index >= 15 is 0 Å². The Labute approximate surface area is 172 Å². The van der Waals surface area contributed by atoms with Crippen LogP contribution in [0.4, 0.5) is 13.8 Å². The smallest absolute Gasteiger partial charge is 0.339 e. The van der Waals surface area contributed by atoms with E-state index in [9.17, 15) is 23.5 Å². The molecule has 0 saturated heterocycles. The molecule has 0 radical (unpaired) electrons. The SMILES string of the molecule is Cc1ccc(-c2csc(NC(=O)c3cnc4ccccc4n3)c2C(=O)O)c(F)c1F. The molecule has 150 valence electrons. The van der Waals surface area contributed by atoms with E-state index in [0.29, 0.717) is 11.0 Å². The first-order valence-corrected chi connectivity index (χ1v) is 9.57. The van der Waals surface area contributed by atoms with Gasteiger partial charge in [-0.25, -0.2) is 18.6 Å². The van der Waals surface area contributed by atoms with Gasteiger partial charge in [0.15, 0.2) is 11.6 Å². The number of benzene rings is 2. The van der Waals surface area contributed by atoms with Crippen molar-refractivity contribution in [3.05, 3.63) is 76.4 Å². The number of nitrogens with one attached hydrogen (secondary N) is 1. The first-order chi connectivity index (χ1) is 14.4. The molecule has 9 heteroatoms. The zero-order valence-corrected chi connectivity index (χ0v) is 16.3. The number of halogens is 2. The van der Waals surface area contributed by atoms with Gasteiger partial charge < -0.3 is 10.4 Å². The molecule has 0 spiro atoms. The molecule has 6 nitrogen and oxygen atoms in total. The average Bonchev–Trinajstić information content (AvgIpc) is 3.15. The normalized spacial score (nSPS) is 10.9. The molecule has 4 rings (SSSR count). The van der Waals surface area contributed by atoms with Gasteiger partial charge in [0.05, 0.1) is 17.2 Å². The highest BCUT2D eigenvalue weighted by atomic mass is 32.1. The van der Waals surface area contributed by atoms with Crippen molar-refractivity contribution >= 4 is 39.2 Å². The highest BCUT2D eigenvalue weighted by molar-refractivity contribution is 7.15. The van der Waals surface area contributed by atoms with Crippen molar-refractivity contribution in [2.24, 2.45) is 0 Å². The van der Waals surface area contributed by atoms with Gasteiger partial charge in [-0.15, -0.1) is 11.3 Å². The number of aryl methyl sites for hydroxylation is 1. The van der Waals surface area contributed by atoms with E-state index in [0.717, 1.165) is 11.3 Å². The maximum Gasteiger partial charge on any atom is 0.339 e. The Balaban J connectivity index is 1.72.